The summed E-state index contributed by atoms with van der Waals surface area (Å²) in [4.78, 5) is 2.58. The minimum absolute atomic E-state index is 0. The summed E-state index contributed by atoms with van der Waals surface area (Å²) < 4.78 is 0. The van der Waals surface area contributed by atoms with Gasteiger partial charge in [0.05, 0.1) is 0 Å². The van der Waals surface area contributed by atoms with E-state index in [1.165, 1.54) is 45.3 Å². The lowest BCUT2D eigenvalue weighted by Crippen LogP contribution is -2.34. The van der Waals surface area contributed by atoms with E-state index in [1.54, 1.807) is 0 Å². The van der Waals surface area contributed by atoms with Crippen molar-refractivity contribution in [3.05, 3.63) is 0 Å². The number of hydrogen-bond acceptors (Lipinski definition) is 2. The molecule has 0 spiro atoms. The van der Waals surface area contributed by atoms with Gasteiger partial charge in [0.1, 0.15) is 0 Å². The van der Waals surface area contributed by atoms with Gasteiger partial charge >= 0.3 is 0 Å². The Morgan fingerprint density at radius 2 is 1.92 bits per heavy atom. The van der Waals surface area contributed by atoms with Gasteiger partial charge in [-0.1, -0.05) is 14.4 Å². The van der Waals surface area contributed by atoms with Crippen molar-refractivity contribution in [2.75, 3.05) is 26.2 Å². The molecule has 2 nitrogen and oxygen atoms in total. The second kappa shape index (κ2) is 7.34. The first-order valence-corrected chi connectivity index (χ1v) is 5.29. The zero-order valence-corrected chi connectivity index (χ0v) is 8.26. The second-order valence-electron chi connectivity index (χ2n) is 3.86. The van der Waals surface area contributed by atoms with Gasteiger partial charge in [0.2, 0.25) is 0 Å². The smallest absolute Gasteiger partial charge is 0.00161 e. The van der Waals surface area contributed by atoms with Crippen molar-refractivity contribution >= 4 is 0 Å². The molecule has 0 amide bonds. The zero-order valence-electron chi connectivity index (χ0n) is 8.26. The van der Waals surface area contributed by atoms with Crippen molar-refractivity contribution in [2.24, 2.45) is 11.7 Å². The van der Waals surface area contributed by atoms with Crippen LogP contribution in [0.25, 0.3) is 0 Å². The highest BCUT2D eigenvalue weighted by atomic mass is 15.1. The Balaban J connectivity index is 0.00000144. The number of nitrogens with two attached hydrogens (primary N) is 1. The molecule has 1 rings (SSSR count). The topological polar surface area (TPSA) is 29.3 Å². The molecule has 13 heavy (non-hydrogen) atoms. The average molecular weight is 186 g/mol. The van der Waals surface area contributed by atoms with Gasteiger partial charge in [0.15, 0.2) is 0 Å². The van der Waals surface area contributed by atoms with Crippen molar-refractivity contribution < 1.29 is 0 Å². The average Bonchev–Trinajstić information content (AvgIpc) is 2.09. The molecule has 0 aromatic rings. The standard InChI is InChI=1S/C10H22N2.CH4/c1-2-7-12-8-4-10(3-6-11)5-9-12;/h10H,2-9,11H2,1H3;1H4. The Morgan fingerprint density at radius 1 is 1.31 bits per heavy atom. The summed E-state index contributed by atoms with van der Waals surface area (Å²) in [6, 6.07) is 0. The number of piperidine rings is 1. The molecule has 2 heteroatoms. The first-order chi connectivity index (χ1) is 5.86. The largest absolute Gasteiger partial charge is 0.330 e. The molecule has 0 bridgehead atoms. The van der Waals surface area contributed by atoms with E-state index in [1.807, 2.05) is 0 Å². The fourth-order valence-corrected chi connectivity index (χ4v) is 2.05. The van der Waals surface area contributed by atoms with Gasteiger partial charge in [0, 0.05) is 0 Å². The van der Waals surface area contributed by atoms with Gasteiger partial charge in [-0.25, -0.2) is 0 Å². The molecule has 2 N–H and O–H groups in total. The lowest BCUT2D eigenvalue weighted by molar-refractivity contribution is 0.180. The summed E-state index contributed by atoms with van der Waals surface area (Å²) in [6.07, 6.45) is 5.27. The van der Waals surface area contributed by atoms with E-state index in [2.05, 4.69) is 11.8 Å². The van der Waals surface area contributed by atoms with Crippen molar-refractivity contribution in [2.45, 2.75) is 40.0 Å². The maximum absolute atomic E-state index is 5.54. The third kappa shape index (κ3) is 4.63. The third-order valence-corrected chi connectivity index (χ3v) is 2.82. The summed E-state index contributed by atoms with van der Waals surface area (Å²) in [5.41, 5.74) is 5.54. The van der Waals surface area contributed by atoms with Crippen LogP contribution < -0.4 is 5.73 Å². The van der Waals surface area contributed by atoms with Gasteiger partial charge in [-0.05, 0) is 57.8 Å². The summed E-state index contributed by atoms with van der Waals surface area (Å²) in [5.74, 6) is 0.920. The second-order valence-corrected chi connectivity index (χ2v) is 3.86. The fourth-order valence-electron chi connectivity index (χ4n) is 2.05. The molecule has 1 saturated heterocycles. The predicted octanol–water partition coefficient (Wildman–Crippen LogP) is 2.09. The van der Waals surface area contributed by atoms with E-state index in [-0.39, 0.29) is 7.43 Å². The first-order valence-electron chi connectivity index (χ1n) is 5.29. The van der Waals surface area contributed by atoms with Crippen LogP contribution in [-0.4, -0.2) is 31.1 Å². The zero-order chi connectivity index (χ0) is 8.81. The molecular formula is C11H26N2. The molecule has 1 fully saturated rings. The summed E-state index contributed by atoms with van der Waals surface area (Å²) >= 11 is 0. The maximum atomic E-state index is 5.54. The number of rotatable bonds is 4. The first kappa shape index (κ1) is 12.9. The van der Waals surface area contributed by atoms with E-state index in [4.69, 9.17) is 5.73 Å². The molecule has 1 aliphatic rings. The Kier molecular flexibility index (Phi) is 7.29. The molecule has 80 valence electrons. The fraction of sp³-hybridized carbons (Fsp3) is 1.00. The Labute approximate surface area is 83.5 Å². The van der Waals surface area contributed by atoms with Gasteiger partial charge < -0.3 is 10.6 Å². The Hall–Kier alpha value is -0.0800. The third-order valence-electron chi connectivity index (χ3n) is 2.82. The van der Waals surface area contributed by atoms with Crippen molar-refractivity contribution in [3.8, 4) is 0 Å². The highest BCUT2D eigenvalue weighted by Crippen LogP contribution is 2.19. The predicted molar refractivity (Wildman–Crippen MR) is 59.9 cm³/mol. The lowest BCUT2D eigenvalue weighted by Gasteiger charge is -2.31. The van der Waals surface area contributed by atoms with Crippen LogP contribution in [-0.2, 0) is 0 Å². The van der Waals surface area contributed by atoms with Crippen molar-refractivity contribution in [1.29, 1.82) is 0 Å². The molecule has 0 aromatic heterocycles. The minimum atomic E-state index is 0. The van der Waals surface area contributed by atoms with Gasteiger partial charge in [0.25, 0.3) is 0 Å². The summed E-state index contributed by atoms with van der Waals surface area (Å²) in [6.45, 7) is 7.02. The number of hydrogen-bond donors (Lipinski definition) is 1. The monoisotopic (exact) mass is 186 g/mol. The van der Waals surface area contributed by atoms with Gasteiger partial charge in [-0.15, -0.1) is 0 Å². The molecule has 0 aromatic carbocycles. The van der Waals surface area contributed by atoms with Crippen LogP contribution in [0.1, 0.15) is 40.0 Å². The van der Waals surface area contributed by atoms with Crippen molar-refractivity contribution in [1.82, 2.24) is 4.90 Å². The van der Waals surface area contributed by atoms with Crippen LogP contribution in [0.15, 0.2) is 0 Å². The highest BCUT2D eigenvalue weighted by Gasteiger charge is 2.17. The normalized spacial score (nSPS) is 19.8. The van der Waals surface area contributed by atoms with E-state index >= 15 is 0 Å². The number of nitrogens with zero attached hydrogens (tertiary/aromatic N) is 1. The van der Waals surface area contributed by atoms with Crippen LogP contribution in [0, 0.1) is 5.92 Å². The quantitative estimate of drug-likeness (QED) is 0.728. The molecule has 0 aliphatic carbocycles. The van der Waals surface area contributed by atoms with Crippen LogP contribution >= 0.6 is 0 Å². The molecule has 0 saturated carbocycles. The van der Waals surface area contributed by atoms with Crippen LogP contribution in [0.4, 0.5) is 0 Å². The molecule has 0 unspecified atom stereocenters. The minimum Gasteiger partial charge on any atom is -0.330 e. The van der Waals surface area contributed by atoms with Gasteiger partial charge in [-0.3, -0.25) is 0 Å². The molecule has 1 heterocycles. The SMILES string of the molecule is C.CCCN1CCC(CCN)CC1. The number of likely N-dealkylation sites (tertiary alicyclic amines) is 1. The Morgan fingerprint density at radius 3 is 2.38 bits per heavy atom. The van der Waals surface area contributed by atoms with E-state index in [0.717, 1.165) is 12.5 Å². The van der Waals surface area contributed by atoms with E-state index in [0.29, 0.717) is 0 Å². The van der Waals surface area contributed by atoms with Gasteiger partial charge in [-0.2, -0.15) is 0 Å². The maximum Gasteiger partial charge on any atom is -0.00161 e. The lowest BCUT2D eigenvalue weighted by atomic mass is 9.93. The van der Waals surface area contributed by atoms with Crippen LogP contribution in [0.5, 0.6) is 0 Å². The van der Waals surface area contributed by atoms with Crippen molar-refractivity contribution in [3.63, 3.8) is 0 Å². The molecule has 0 atom stereocenters. The van der Waals surface area contributed by atoms with Crippen LogP contribution in [0.3, 0.4) is 0 Å². The van der Waals surface area contributed by atoms with Crippen LogP contribution in [0.2, 0.25) is 0 Å². The summed E-state index contributed by atoms with van der Waals surface area (Å²) in [7, 11) is 0. The Bertz CT molecular complexity index is 92.7. The highest BCUT2D eigenvalue weighted by molar-refractivity contribution is 4.71. The molecular weight excluding hydrogens is 160 g/mol. The molecule has 0 radical (unpaired) electrons. The molecule has 1 aliphatic heterocycles. The van der Waals surface area contributed by atoms with E-state index < -0.39 is 0 Å². The van der Waals surface area contributed by atoms with E-state index in [9.17, 15) is 0 Å². The summed E-state index contributed by atoms with van der Waals surface area (Å²) in [5, 5.41) is 0.